The molecule has 1 aromatic carbocycles. The van der Waals surface area contributed by atoms with Crippen molar-refractivity contribution in [3.05, 3.63) is 29.8 Å². The Bertz CT molecular complexity index is 368. The molecular weight excluding hydrogens is 192 g/mol. The molecule has 0 radical (unpaired) electrons. The van der Waals surface area contributed by atoms with Crippen molar-refractivity contribution in [1.29, 1.82) is 0 Å². The monoisotopic (exact) mass is 202 g/mol. The first-order valence-electron chi connectivity index (χ1n) is 3.44. The molecule has 0 atom stereocenters. The molecule has 2 nitrogen and oxygen atoms in total. The fourth-order valence-corrected chi connectivity index (χ4v) is 2.91. The number of hydrogen-bond donors (Lipinski definition) is 0. The van der Waals surface area contributed by atoms with E-state index in [0.717, 1.165) is 16.4 Å². The zero-order chi connectivity index (χ0) is 9.19. The van der Waals surface area contributed by atoms with E-state index < -0.39 is 8.87 Å². The van der Waals surface area contributed by atoms with Crippen molar-refractivity contribution in [3.63, 3.8) is 0 Å². The van der Waals surface area contributed by atoms with Crippen LogP contribution in [0.2, 0.25) is 0 Å². The number of hydrogen-bond acceptors (Lipinski definition) is 3. The smallest absolute Gasteiger partial charge is 0.212 e. The van der Waals surface area contributed by atoms with E-state index in [4.69, 9.17) is 0 Å². The Labute approximate surface area is 76.3 Å². The third kappa shape index (κ3) is 1.81. The van der Waals surface area contributed by atoms with Gasteiger partial charge < -0.3 is 0 Å². The normalized spacial score (nSPS) is 11.5. The van der Waals surface area contributed by atoms with Crippen molar-refractivity contribution in [2.75, 3.05) is 6.26 Å². The number of rotatable bonds is 2. The minimum absolute atomic E-state index is 0.414. The van der Waals surface area contributed by atoms with Crippen LogP contribution in [0.4, 0.5) is 0 Å². The maximum absolute atomic E-state index is 11.4. The third-order valence-electron chi connectivity index (χ3n) is 1.58. The van der Waals surface area contributed by atoms with Crippen molar-refractivity contribution < 1.29 is 8.42 Å². The first kappa shape index (κ1) is 9.61. The van der Waals surface area contributed by atoms with Crippen molar-refractivity contribution in [3.8, 4) is 0 Å². The molecule has 0 saturated carbocycles. The van der Waals surface area contributed by atoms with Crippen LogP contribution >= 0.6 is 10.8 Å². The Hall–Kier alpha value is -0.480. The quantitative estimate of drug-likeness (QED) is 0.688. The van der Waals surface area contributed by atoms with Crippen LogP contribution in [0.1, 0.15) is 5.56 Å². The van der Waals surface area contributed by atoms with Crippen LogP contribution in [0.25, 0.3) is 0 Å². The molecule has 0 N–H and O–H groups in total. The van der Waals surface area contributed by atoms with Gasteiger partial charge in [-0.3, -0.25) is 0 Å². The molecule has 0 aliphatic carbocycles. The average molecular weight is 202 g/mol. The summed E-state index contributed by atoms with van der Waals surface area (Å²) in [6.07, 6.45) is 1.57. The molecule has 0 aliphatic rings. The minimum Gasteiger partial charge on any atom is -0.212 e. The summed E-state index contributed by atoms with van der Waals surface area (Å²) < 4.78 is 22.8. The molecule has 1 rings (SSSR count). The lowest BCUT2D eigenvalue weighted by Gasteiger charge is -2.02. The summed E-state index contributed by atoms with van der Waals surface area (Å²) in [4.78, 5) is 0.414. The third-order valence-corrected chi connectivity index (χ3v) is 4.87. The maximum atomic E-state index is 11.4. The molecule has 0 unspecified atom stereocenters. The molecule has 12 heavy (non-hydrogen) atoms. The highest BCUT2D eigenvalue weighted by Gasteiger charge is 2.13. The maximum Gasteiger partial charge on any atom is 0.229 e. The van der Waals surface area contributed by atoms with Gasteiger partial charge in [0.25, 0.3) is 0 Å². The van der Waals surface area contributed by atoms with Crippen LogP contribution in [0.15, 0.2) is 29.2 Å². The average Bonchev–Trinajstić information content (AvgIpc) is 2.05. The van der Waals surface area contributed by atoms with Crippen LogP contribution in [0.5, 0.6) is 0 Å². The fourth-order valence-electron chi connectivity index (χ4n) is 0.927. The molecule has 0 heterocycles. The van der Waals surface area contributed by atoms with Gasteiger partial charge in [-0.1, -0.05) is 18.2 Å². The predicted octanol–water partition coefficient (Wildman–Crippen LogP) is 2.05. The summed E-state index contributed by atoms with van der Waals surface area (Å²) in [5.41, 5.74) is 0.798. The van der Waals surface area contributed by atoms with Gasteiger partial charge in [0.15, 0.2) is 0 Å². The first-order valence-corrected chi connectivity index (χ1v) is 6.66. The van der Waals surface area contributed by atoms with Gasteiger partial charge in [-0.15, -0.1) is 0 Å². The molecule has 0 aromatic heterocycles. The fraction of sp³-hybridized carbons (Fsp3) is 0.250. The van der Waals surface area contributed by atoms with E-state index in [1.807, 2.05) is 6.07 Å². The molecule has 0 amide bonds. The van der Waals surface area contributed by atoms with E-state index >= 15 is 0 Å². The van der Waals surface area contributed by atoms with Crippen LogP contribution in [0, 0.1) is 6.92 Å². The minimum atomic E-state index is -3.11. The van der Waals surface area contributed by atoms with Gasteiger partial charge in [-0.25, -0.2) is 8.42 Å². The number of aryl methyl sites for hydroxylation is 1. The Kier molecular flexibility index (Phi) is 2.80. The topological polar surface area (TPSA) is 34.1 Å². The molecule has 66 valence electrons. The van der Waals surface area contributed by atoms with E-state index in [1.165, 1.54) is 0 Å². The molecule has 0 fully saturated rings. The Morgan fingerprint density at radius 3 is 2.33 bits per heavy atom. The van der Waals surface area contributed by atoms with Gasteiger partial charge in [0.05, 0.1) is 4.90 Å². The first-order chi connectivity index (χ1) is 5.58. The highest BCUT2D eigenvalue weighted by atomic mass is 33.1. The van der Waals surface area contributed by atoms with Gasteiger partial charge in [0.2, 0.25) is 8.87 Å². The van der Waals surface area contributed by atoms with Gasteiger partial charge in [-0.2, -0.15) is 0 Å². The van der Waals surface area contributed by atoms with Crippen LogP contribution in [-0.2, 0) is 8.87 Å². The molecule has 0 saturated heterocycles. The van der Waals surface area contributed by atoms with E-state index in [0.29, 0.717) is 4.90 Å². The van der Waals surface area contributed by atoms with Gasteiger partial charge in [0.1, 0.15) is 0 Å². The van der Waals surface area contributed by atoms with Crippen molar-refractivity contribution in [1.82, 2.24) is 0 Å². The van der Waals surface area contributed by atoms with E-state index in [2.05, 4.69) is 0 Å². The molecular formula is C8H10O2S2. The molecule has 1 aromatic rings. The molecule has 0 aliphatic heterocycles. The summed E-state index contributed by atoms with van der Waals surface area (Å²) in [6.45, 7) is 1.79. The largest absolute Gasteiger partial charge is 0.229 e. The summed E-state index contributed by atoms with van der Waals surface area (Å²) >= 11 is 0. The summed E-state index contributed by atoms with van der Waals surface area (Å²) in [5, 5.41) is 0. The lowest BCUT2D eigenvalue weighted by molar-refractivity contribution is 0.610. The van der Waals surface area contributed by atoms with Crippen LogP contribution in [0.3, 0.4) is 0 Å². The zero-order valence-electron chi connectivity index (χ0n) is 6.94. The zero-order valence-corrected chi connectivity index (χ0v) is 8.58. The Balaban J connectivity index is 3.30. The van der Waals surface area contributed by atoms with Crippen LogP contribution in [-0.4, -0.2) is 14.7 Å². The summed E-state index contributed by atoms with van der Waals surface area (Å²) in [7, 11) is -2.25. The summed E-state index contributed by atoms with van der Waals surface area (Å²) in [6, 6.07) is 6.98. The Morgan fingerprint density at radius 2 is 1.83 bits per heavy atom. The molecule has 4 heteroatoms. The van der Waals surface area contributed by atoms with Gasteiger partial charge >= 0.3 is 0 Å². The van der Waals surface area contributed by atoms with E-state index in [9.17, 15) is 8.42 Å². The Morgan fingerprint density at radius 1 is 1.25 bits per heavy atom. The SMILES string of the molecule is CSS(=O)(=O)c1ccccc1C. The van der Waals surface area contributed by atoms with Crippen LogP contribution < -0.4 is 0 Å². The predicted molar refractivity (Wildman–Crippen MR) is 51.9 cm³/mol. The lowest BCUT2D eigenvalue weighted by Crippen LogP contribution is -1.96. The van der Waals surface area contributed by atoms with Crippen molar-refractivity contribution in [2.45, 2.75) is 11.8 Å². The molecule has 0 spiro atoms. The highest BCUT2D eigenvalue weighted by Crippen LogP contribution is 2.23. The lowest BCUT2D eigenvalue weighted by atomic mass is 10.2. The second-order valence-corrected chi connectivity index (χ2v) is 6.38. The van der Waals surface area contributed by atoms with Gasteiger partial charge in [0, 0.05) is 0 Å². The van der Waals surface area contributed by atoms with E-state index in [-0.39, 0.29) is 0 Å². The van der Waals surface area contributed by atoms with Crippen molar-refractivity contribution in [2.24, 2.45) is 0 Å². The van der Waals surface area contributed by atoms with Gasteiger partial charge in [-0.05, 0) is 35.6 Å². The standard InChI is InChI=1S/C8H10O2S2/c1-7-5-3-4-6-8(7)12(9,10)11-2/h3-6H,1-2H3. The number of benzene rings is 1. The second kappa shape index (κ2) is 3.49. The molecule has 0 bridgehead atoms. The second-order valence-electron chi connectivity index (χ2n) is 2.39. The highest BCUT2D eigenvalue weighted by molar-refractivity contribution is 8.71. The van der Waals surface area contributed by atoms with Crippen molar-refractivity contribution >= 4 is 19.7 Å². The summed E-state index contributed by atoms with van der Waals surface area (Å²) in [5.74, 6) is 0. The van der Waals surface area contributed by atoms with E-state index in [1.54, 1.807) is 31.4 Å².